The van der Waals surface area contributed by atoms with Gasteiger partial charge >= 0.3 is 12.0 Å². The number of rotatable bonds is 7. The zero-order valence-electron chi connectivity index (χ0n) is 11.8. The Balaban J connectivity index is 4.65. The van der Waals surface area contributed by atoms with E-state index in [1.165, 1.54) is 0 Å². The van der Waals surface area contributed by atoms with Gasteiger partial charge in [-0.25, -0.2) is 9.59 Å². The Labute approximate surface area is 112 Å². The second-order valence-corrected chi connectivity index (χ2v) is 4.94. The fourth-order valence-electron chi connectivity index (χ4n) is 1.57. The fourth-order valence-corrected chi connectivity index (χ4v) is 1.57. The zero-order chi connectivity index (χ0) is 15.2. The molecule has 3 amide bonds. The van der Waals surface area contributed by atoms with Crippen molar-refractivity contribution < 1.29 is 19.5 Å². The van der Waals surface area contributed by atoms with Gasteiger partial charge in [-0.3, -0.25) is 4.79 Å². The number of carboxylic acids is 1. The van der Waals surface area contributed by atoms with Crippen molar-refractivity contribution in [3.63, 3.8) is 0 Å². The van der Waals surface area contributed by atoms with E-state index in [1.807, 2.05) is 6.92 Å². The first-order valence-electron chi connectivity index (χ1n) is 6.29. The van der Waals surface area contributed by atoms with Crippen molar-refractivity contribution >= 4 is 17.9 Å². The average Bonchev–Trinajstić information content (AvgIpc) is 2.30. The first kappa shape index (κ1) is 17.2. The Bertz CT molecular complexity index is 344. The van der Waals surface area contributed by atoms with Gasteiger partial charge in [0.1, 0.15) is 12.1 Å². The van der Waals surface area contributed by atoms with E-state index in [9.17, 15) is 14.4 Å². The van der Waals surface area contributed by atoms with Gasteiger partial charge in [-0.1, -0.05) is 34.1 Å². The highest BCUT2D eigenvalue weighted by Gasteiger charge is 2.27. The minimum Gasteiger partial charge on any atom is -0.480 e. The summed E-state index contributed by atoms with van der Waals surface area (Å²) in [6.07, 6.45) is 0.612. The molecule has 110 valence electrons. The third kappa shape index (κ3) is 5.58. The summed E-state index contributed by atoms with van der Waals surface area (Å²) < 4.78 is 0. The van der Waals surface area contributed by atoms with Crippen molar-refractivity contribution in [3.8, 4) is 0 Å². The Morgan fingerprint density at radius 1 is 1.11 bits per heavy atom. The SMILES string of the molecule is CCC(C)[C@H](NC(=O)NC(C(N)=O)C(C)C)C(=O)O. The minimum atomic E-state index is -1.11. The van der Waals surface area contributed by atoms with Crippen LogP contribution >= 0.6 is 0 Å². The summed E-state index contributed by atoms with van der Waals surface area (Å²) in [6, 6.07) is -2.53. The molecule has 0 bridgehead atoms. The van der Waals surface area contributed by atoms with Crippen LogP contribution in [0.3, 0.4) is 0 Å². The maximum absolute atomic E-state index is 11.7. The predicted octanol–water partition coefficient (Wildman–Crippen LogP) is 0.295. The normalized spacial score (nSPS) is 15.4. The quantitative estimate of drug-likeness (QED) is 0.532. The standard InChI is InChI=1S/C12H23N3O4/c1-5-7(4)9(11(17)18)15-12(19)14-8(6(2)3)10(13)16/h6-9H,5H2,1-4H3,(H2,13,16)(H,17,18)(H2,14,15,19)/t7?,8?,9-/m0/s1. The third-order valence-electron chi connectivity index (χ3n) is 3.03. The minimum absolute atomic E-state index is 0.171. The smallest absolute Gasteiger partial charge is 0.326 e. The molecule has 3 atom stereocenters. The van der Waals surface area contributed by atoms with Crippen LogP contribution in [0.4, 0.5) is 4.79 Å². The average molecular weight is 273 g/mol. The van der Waals surface area contributed by atoms with Gasteiger partial charge < -0.3 is 21.5 Å². The zero-order valence-corrected chi connectivity index (χ0v) is 11.8. The number of nitrogens with one attached hydrogen (secondary N) is 2. The fraction of sp³-hybridized carbons (Fsp3) is 0.750. The van der Waals surface area contributed by atoms with Crippen molar-refractivity contribution in [1.29, 1.82) is 0 Å². The summed E-state index contributed by atoms with van der Waals surface area (Å²) in [5.41, 5.74) is 5.16. The van der Waals surface area contributed by atoms with Gasteiger partial charge in [-0.15, -0.1) is 0 Å². The molecule has 0 aliphatic rings. The van der Waals surface area contributed by atoms with Crippen LogP contribution in [0.1, 0.15) is 34.1 Å². The summed E-state index contributed by atoms with van der Waals surface area (Å²) in [6.45, 7) is 7.03. The van der Waals surface area contributed by atoms with Crippen LogP contribution in [0.2, 0.25) is 0 Å². The van der Waals surface area contributed by atoms with E-state index in [-0.39, 0.29) is 11.8 Å². The van der Waals surface area contributed by atoms with Crippen LogP contribution in [-0.4, -0.2) is 35.1 Å². The number of carboxylic acid groups (broad SMARTS) is 1. The molecule has 0 radical (unpaired) electrons. The van der Waals surface area contributed by atoms with Crippen molar-refractivity contribution in [2.75, 3.05) is 0 Å². The van der Waals surface area contributed by atoms with Crippen LogP contribution in [0, 0.1) is 11.8 Å². The number of hydrogen-bond donors (Lipinski definition) is 4. The first-order valence-corrected chi connectivity index (χ1v) is 6.29. The topological polar surface area (TPSA) is 122 Å². The maximum Gasteiger partial charge on any atom is 0.326 e. The summed E-state index contributed by atoms with van der Waals surface area (Å²) in [4.78, 5) is 33.9. The van der Waals surface area contributed by atoms with Gasteiger partial charge in [0.05, 0.1) is 0 Å². The molecule has 0 heterocycles. The second-order valence-electron chi connectivity index (χ2n) is 4.94. The van der Waals surface area contributed by atoms with Crippen molar-refractivity contribution in [2.24, 2.45) is 17.6 Å². The molecule has 0 aromatic heterocycles. The van der Waals surface area contributed by atoms with E-state index in [4.69, 9.17) is 10.8 Å². The molecule has 0 aliphatic carbocycles. The molecule has 2 unspecified atom stereocenters. The lowest BCUT2D eigenvalue weighted by molar-refractivity contribution is -0.140. The van der Waals surface area contributed by atoms with Crippen LogP contribution in [-0.2, 0) is 9.59 Å². The molecule has 5 N–H and O–H groups in total. The maximum atomic E-state index is 11.7. The Morgan fingerprint density at radius 3 is 1.89 bits per heavy atom. The highest BCUT2D eigenvalue weighted by Crippen LogP contribution is 2.08. The molecule has 0 rings (SSSR count). The number of amides is 3. The van der Waals surface area contributed by atoms with Gasteiger partial charge in [-0.2, -0.15) is 0 Å². The van der Waals surface area contributed by atoms with E-state index in [0.29, 0.717) is 6.42 Å². The number of nitrogens with two attached hydrogens (primary N) is 1. The van der Waals surface area contributed by atoms with Gasteiger partial charge in [-0.05, 0) is 11.8 Å². The highest BCUT2D eigenvalue weighted by atomic mass is 16.4. The predicted molar refractivity (Wildman–Crippen MR) is 70.4 cm³/mol. The van der Waals surface area contributed by atoms with E-state index in [1.54, 1.807) is 20.8 Å². The Hall–Kier alpha value is -1.79. The molecule has 0 saturated heterocycles. The number of carbonyl (C=O) groups is 3. The van der Waals surface area contributed by atoms with Crippen LogP contribution in [0.25, 0.3) is 0 Å². The number of urea groups is 1. The van der Waals surface area contributed by atoms with E-state index in [2.05, 4.69) is 10.6 Å². The van der Waals surface area contributed by atoms with Gasteiger partial charge in [0.2, 0.25) is 5.91 Å². The number of primary amides is 1. The lowest BCUT2D eigenvalue weighted by Crippen LogP contribution is -2.55. The Morgan fingerprint density at radius 2 is 1.58 bits per heavy atom. The molecule has 0 spiro atoms. The third-order valence-corrected chi connectivity index (χ3v) is 3.03. The summed E-state index contributed by atoms with van der Waals surface area (Å²) in [7, 11) is 0. The Kier molecular flexibility index (Phi) is 6.89. The van der Waals surface area contributed by atoms with E-state index >= 15 is 0 Å². The molecule has 0 aliphatic heterocycles. The molecule has 19 heavy (non-hydrogen) atoms. The molecule has 0 fully saturated rings. The molecule has 0 aromatic carbocycles. The van der Waals surface area contributed by atoms with Crippen molar-refractivity contribution in [2.45, 2.75) is 46.2 Å². The molecular weight excluding hydrogens is 250 g/mol. The number of carbonyl (C=O) groups excluding carboxylic acids is 2. The monoisotopic (exact) mass is 273 g/mol. The van der Waals surface area contributed by atoms with Crippen LogP contribution < -0.4 is 16.4 Å². The molecule has 7 heteroatoms. The number of hydrogen-bond acceptors (Lipinski definition) is 3. The van der Waals surface area contributed by atoms with Crippen LogP contribution in [0.15, 0.2) is 0 Å². The van der Waals surface area contributed by atoms with Gasteiger partial charge in [0.15, 0.2) is 0 Å². The summed E-state index contributed by atoms with van der Waals surface area (Å²) >= 11 is 0. The van der Waals surface area contributed by atoms with Crippen molar-refractivity contribution in [3.05, 3.63) is 0 Å². The van der Waals surface area contributed by atoms with Crippen LogP contribution in [0.5, 0.6) is 0 Å². The molecule has 0 aromatic rings. The largest absolute Gasteiger partial charge is 0.480 e. The van der Waals surface area contributed by atoms with Crippen molar-refractivity contribution in [1.82, 2.24) is 10.6 Å². The summed E-state index contributed by atoms with van der Waals surface area (Å²) in [5, 5.41) is 13.8. The summed E-state index contributed by atoms with van der Waals surface area (Å²) in [5.74, 6) is -2.14. The second kappa shape index (κ2) is 7.60. The van der Waals surface area contributed by atoms with E-state index in [0.717, 1.165) is 0 Å². The van der Waals surface area contributed by atoms with Gasteiger partial charge in [0.25, 0.3) is 0 Å². The number of aliphatic carboxylic acids is 1. The first-order chi connectivity index (χ1) is 8.70. The molecular formula is C12H23N3O4. The lowest BCUT2D eigenvalue weighted by Gasteiger charge is -2.23. The molecule has 0 saturated carbocycles. The lowest BCUT2D eigenvalue weighted by atomic mass is 9.99. The molecule has 7 nitrogen and oxygen atoms in total. The highest BCUT2D eigenvalue weighted by molar-refractivity contribution is 5.88. The van der Waals surface area contributed by atoms with Gasteiger partial charge in [0, 0.05) is 0 Å². The van der Waals surface area contributed by atoms with E-state index < -0.39 is 30.0 Å².